The number of hydrogen-bond acceptors (Lipinski definition) is 8. The lowest BCUT2D eigenvalue weighted by Crippen LogP contribution is -2.06. The second kappa shape index (κ2) is 11.8. The average Bonchev–Trinajstić information content (AvgIpc) is 3.30. The summed E-state index contributed by atoms with van der Waals surface area (Å²) in [6.45, 7) is 5.38. The first-order chi connectivity index (χ1) is 18.3. The van der Waals surface area contributed by atoms with Crippen LogP contribution in [0.3, 0.4) is 0 Å². The van der Waals surface area contributed by atoms with Crippen molar-refractivity contribution >= 4 is 44.3 Å². The van der Waals surface area contributed by atoms with Gasteiger partial charge < -0.3 is 5.32 Å². The van der Waals surface area contributed by atoms with E-state index >= 15 is 0 Å². The molecule has 0 fully saturated rings. The summed E-state index contributed by atoms with van der Waals surface area (Å²) in [7, 11) is 0. The summed E-state index contributed by atoms with van der Waals surface area (Å²) in [5.41, 5.74) is 6.48. The molecule has 9 heteroatoms. The number of aryl methyl sites for hydroxylation is 2. The first-order valence-electron chi connectivity index (χ1n) is 11.7. The number of carbonyl (C=O) groups is 1. The van der Waals surface area contributed by atoms with Crippen LogP contribution in [0.5, 0.6) is 0 Å². The van der Waals surface area contributed by atoms with E-state index in [0.29, 0.717) is 44.6 Å². The van der Waals surface area contributed by atoms with E-state index < -0.39 is 0 Å². The molecule has 0 aliphatic heterocycles. The molecule has 0 aliphatic rings. The molecular weight excluding hydrogens is 494 g/mol. The van der Waals surface area contributed by atoms with Gasteiger partial charge in [-0.1, -0.05) is 53.3 Å². The fourth-order valence-electron chi connectivity index (χ4n) is 3.61. The number of benzene rings is 3. The van der Waals surface area contributed by atoms with E-state index in [1.165, 1.54) is 12.5 Å². The average molecular weight is 518 g/mol. The molecule has 38 heavy (non-hydrogen) atoms. The van der Waals surface area contributed by atoms with Gasteiger partial charge in [-0.2, -0.15) is 10.5 Å². The Morgan fingerprint density at radius 3 is 2.16 bits per heavy atom. The van der Waals surface area contributed by atoms with Crippen molar-refractivity contribution < 1.29 is 4.79 Å². The third-order valence-electron chi connectivity index (χ3n) is 5.50. The number of hydrogen-bond donors (Lipinski definition) is 1. The standard InChI is InChI=1S/C29H23N7OS/c1-18-4-7-21(8-5-18)13-22-9-11-26(27(14-22)32-20(3)37)34-36-29-24(17-31)15-28(38-29)35-33-25-10-6-19(2)12-23(25)16-30/h4-12,14-15H,13H2,1-3H3,(H,32,37). The second-order valence-electron chi connectivity index (χ2n) is 8.64. The van der Waals surface area contributed by atoms with Crippen molar-refractivity contribution in [2.45, 2.75) is 27.2 Å². The third-order valence-corrected chi connectivity index (χ3v) is 6.40. The van der Waals surface area contributed by atoms with Crippen LogP contribution in [-0.2, 0) is 11.2 Å². The first-order valence-corrected chi connectivity index (χ1v) is 12.5. The fourth-order valence-corrected chi connectivity index (χ4v) is 4.37. The van der Waals surface area contributed by atoms with E-state index in [-0.39, 0.29) is 5.91 Å². The molecule has 1 aromatic heterocycles. The molecule has 1 amide bonds. The smallest absolute Gasteiger partial charge is 0.221 e. The number of nitriles is 2. The number of carbonyl (C=O) groups excluding carboxylic acids is 1. The number of azo groups is 2. The van der Waals surface area contributed by atoms with Crippen molar-refractivity contribution in [1.82, 2.24) is 0 Å². The van der Waals surface area contributed by atoms with Crippen LogP contribution in [0.4, 0.5) is 27.1 Å². The minimum atomic E-state index is -0.224. The second-order valence-corrected chi connectivity index (χ2v) is 9.65. The molecule has 4 rings (SSSR count). The van der Waals surface area contributed by atoms with Gasteiger partial charge in [0.2, 0.25) is 5.91 Å². The van der Waals surface area contributed by atoms with Crippen LogP contribution in [0.25, 0.3) is 0 Å². The Morgan fingerprint density at radius 1 is 0.789 bits per heavy atom. The Morgan fingerprint density at radius 2 is 1.45 bits per heavy atom. The van der Waals surface area contributed by atoms with Crippen molar-refractivity contribution in [3.8, 4) is 12.1 Å². The summed E-state index contributed by atoms with van der Waals surface area (Å²) in [6, 6.07) is 25.0. The lowest BCUT2D eigenvalue weighted by atomic mass is 10.0. The van der Waals surface area contributed by atoms with E-state index in [9.17, 15) is 15.3 Å². The van der Waals surface area contributed by atoms with Crippen LogP contribution >= 0.6 is 11.3 Å². The number of rotatable bonds is 7. The molecule has 1 heterocycles. The Balaban J connectivity index is 1.59. The lowest BCUT2D eigenvalue weighted by Gasteiger charge is -2.09. The Kier molecular flexibility index (Phi) is 8.12. The van der Waals surface area contributed by atoms with Gasteiger partial charge in [0, 0.05) is 6.92 Å². The number of nitrogens with one attached hydrogen (secondary N) is 1. The molecule has 0 aliphatic carbocycles. The monoisotopic (exact) mass is 517 g/mol. The van der Waals surface area contributed by atoms with Crippen LogP contribution in [0.1, 0.15) is 40.3 Å². The minimum Gasteiger partial charge on any atom is -0.324 e. The number of thiophene rings is 1. The highest BCUT2D eigenvalue weighted by Crippen LogP contribution is 2.39. The molecule has 8 nitrogen and oxygen atoms in total. The zero-order valence-corrected chi connectivity index (χ0v) is 21.9. The molecule has 0 spiro atoms. The zero-order chi connectivity index (χ0) is 27.1. The highest BCUT2D eigenvalue weighted by molar-refractivity contribution is 7.19. The number of nitrogens with zero attached hydrogens (tertiary/aromatic N) is 6. The van der Waals surface area contributed by atoms with E-state index in [0.717, 1.165) is 28.0 Å². The fraction of sp³-hybridized carbons (Fsp3) is 0.138. The molecule has 4 aromatic rings. The maximum absolute atomic E-state index is 11.8. The van der Waals surface area contributed by atoms with Gasteiger partial charge in [-0.25, -0.2) is 0 Å². The lowest BCUT2D eigenvalue weighted by molar-refractivity contribution is -0.114. The molecular formula is C29H23N7OS. The largest absolute Gasteiger partial charge is 0.324 e. The van der Waals surface area contributed by atoms with Gasteiger partial charge in [0.1, 0.15) is 28.5 Å². The molecule has 0 saturated heterocycles. The maximum Gasteiger partial charge on any atom is 0.221 e. The van der Waals surface area contributed by atoms with Crippen LogP contribution in [0, 0.1) is 36.5 Å². The van der Waals surface area contributed by atoms with Crippen molar-refractivity contribution in [3.63, 3.8) is 0 Å². The van der Waals surface area contributed by atoms with Gasteiger partial charge >= 0.3 is 0 Å². The molecule has 0 saturated carbocycles. The summed E-state index contributed by atoms with van der Waals surface area (Å²) in [6.07, 6.45) is 0.705. The summed E-state index contributed by atoms with van der Waals surface area (Å²) in [5, 5.41) is 39.5. The predicted molar refractivity (Wildman–Crippen MR) is 148 cm³/mol. The third kappa shape index (κ3) is 6.61. The SMILES string of the molecule is CC(=O)Nc1cc(Cc2ccc(C)cc2)ccc1N=Nc1sc(N=Nc2ccc(C)cc2C#N)cc1C#N. The molecule has 0 radical (unpaired) electrons. The van der Waals surface area contributed by atoms with Crippen LogP contribution < -0.4 is 5.32 Å². The molecule has 0 bridgehead atoms. The predicted octanol–water partition coefficient (Wildman–Crippen LogP) is 8.49. The van der Waals surface area contributed by atoms with Crippen molar-refractivity contribution in [2.24, 2.45) is 20.5 Å². The summed E-state index contributed by atoms with van der Waals surface area (Å²) >= 11 is 1.15. The minimum absolute atomic E-state index is 0.224. The van der Waals surface area contributed by atoms with E-state index in [1.807, 2.05) is 32.0 Å². The number of amides is 1. The Hall–Kier alpha value is -4.99. The topological polar surface area (TPSA) is 126 Å². The van der Waals surface area contributed by atoms with Crippen molar-refractivity contribution in [1.29, 1.82) is 10.5 Å². The van der Waals surface area contributed by atoms with Gasteiger partial charge in [0.25, 0.3) is 0 Å². The molecule has 3 aromatic carbocycles. The van der Waals surface area contributed by atoms with Crippen molar-refractivity contribution in [2.75, 3.05) is 5.32 Å². The van der Waals surface area contributed by atoms with Gasteiger partial charge in [-0.3, -0.25) is 4.79 Å². The van der Waals surface area contributed by atoms with E-state index in [2.05, 4.69) is 62.2 Å². The first kappa shape index (κ1) is 26.1. The quantitative estimate of drug-likeness (QED) is 0.247. The van der Waals surface area contributed by atoms with Gasteiger partial charge in [0.05, 0.1) is 16.8 Å². The van der Waals surface area contributed by atoms with Crippen LogP contribution in [0.15, 0.2) is 87.2 Å². The molecule has 1 N–H and O–H groups in total. The number of anilines is 1. The van der Waals surface area contributed by atoms with Gasteiger partial charge in [-0.05, 0) is 67.3 Å². The maximum atomic E-state index is 11.8. The van der Waals surface area contributed by atoms with E-state index in [4.69, 9.17) is 0 Å². The normalized spacial score (nSPS) is 11.0. The van der Waals surface area contributed by atoms with Crippen LogP contribution in [-0.4, -0.2) is 5.91 Å². The summed E-state index contributed by atoms with van der Waals surface area (Å²) in [4.78, 5) is 11.8. The Bertz CT molecular complexity index is 1640. The van der Waals surface area contributed by atoms with E-state index in [1.54, 1.807) is 24.3 Å². The highest BCUT2D eigenvalue weighted by atomic mass is 32.1. The molecule has 0 atom stereocenters. The molecule has 0 unspecified atom stereocenters. The van der Waals surface area contributed by atoms with Crippen molar-refractivity contribution in [3.05, 3.63) is 100 Å². The Labute approximate surface area is 224 Å². The summed E-state index contributed by atoms with van der Waals surface area (Å²) < 4.78 is 0. The summed E-state index contributed by atoms with van der Waals surface area (Å²) in [5.74, 6) is -0.224. The van der Waals surface area contributed by atoms with Gasteiger partial charge in [0.15, 0.2) is 5.00 Å². The van der Waals surface area contributed by atoms with Crippen LogP contribution in [0.2, 0.25) is 0 Å². The zero-order valence-electron chi connectivity index (χ0n) is 21.1. The highest BCUT2D eigenvalue weighted by Gasteiger charge is 2.11. The molecule has 186 valence electrons. The van der Waals surface area contributed by atoms with Gasteiger partial charge in [-0.15, -0.1) is 20.5 Å².